The number of aliphatic hydroxyl groups is 1. The van der Waals surface area contributed by atoms with Gasteiger partial charge in [0.25, 0.3) is 0 Å². The molecule has 28 heavy (non-hydrogen) atoms. The predicted molar refractivity (Wildman–Crippen MR) is 102 cm³/mol. The fourth-order valence-corrected chi connectivity index (χ4v) is 2.93. The topological polar surface area (TPSA) is 95.6 Å². The molecular weight excluding hydrogens is 361 g/mol. The molecule has 2 aromatic carbocycles. The van der Waals surface area contributed by atoms with Gasteiger partial charge in [-0.1, -0.05) is 18.2 Å². The first-order valence-electron chi connectivity index (χ1n) is 8.78. The van der Waals surface area contributed by atoms with Crippen molar-refractivity contribution in [2.24, 2.45) is 0 Å². The molecule has 0 fully saturated rings. The summed E-state index contributed by atoms with van der Waals surface area (Å²) in [6.07, 6.45) is 0.904. The number of hydrogen-bond donors (Lipinski definition) is 3. The Bertz CT molecular complexity index is 1130. The maximum absolute atomic E-state index is 13.6. The van der Waals surface area contributed by atoms with Crippen LogP contribution in [0.25, 0.3) is 5.65 Å². The van der Waals surface area contributed by atoms with Gasteiger partial charge in [-0.25, -0.2) is 4.39 Å². The molecule has 0 aliphatic rings. The molecule has 7 nitrogen and oxygen atoms in total. The summed E-state index contributed by atoms with van der Waals surface area (Å²) < 4.78 is 15.2. The van der Waals surface area contributed by atoms with Crippen LogP contribution in [0.2, 0.25) is 0 Å². The number of anilines is 2. The van der Waals surface area contributed by atoms with Gasteiger partial charge in [0.15, 0.2) is 28.9 Å². The van der Waals surface area contributed by atoms with Crippen LogP contribution in [-0.2, 0) is 12.8 Å². The zero-order valence-corrected chi connectivity index (χ0v) is 14.9. The van der Waals surface area contributed by atoms with Crippen molar-refractivity contribution >= 4 is 17.2 Å². The highest BCUT2D eigenvalue weighted by atomic mass is 19.1. The Balaban J connectivity index is 1.60. The van der Waals surface area contributed by atoms with Gasteiger partial charge in [0, 0.05) is 18.7 Å². The number of halogens is 1. The Morgan fingerprint density at radius 2 is 1.89 bits per heavy atom. The Kier molecular flexibility index (Phi) is 4.86. The van der Waals surface area contributed by atoms with Crippen molar-refractivity contribution in [1.82, 2.24) is 19.8 Å². The van der Waals surface area contributed by atoms with E-state index < -0.39 is 5.82 Å². The molecule has 4 aromatic rings. The molecule has 0 radical (unpaired) electrons. The summed E-state index contributed by atoms with van der Waals surface area (Å²) >= 11 is 0. The molecule has 0 bridgehead atoms. The average Bonchev–Trinajstić information content (AvgIpc) is 3.07. The third-order valence-electron chi connectivity index (χ3n) is 4.30. The third-order valence-corrected chi connectivity index (χ3v) is 4.30. The summed E-state index contributed by atoms with van der Waals surface area (Å²) in [6.45, 7) is 0.0928. The minimum absolute atomic E-state index is 0.0928. The Morgan fingerprint density at radius 1 is 1.00 bits per heavy atom. The van der Waals surface area contributed by atoms with Gasteiger partial charge in [-0.15, -0.1) is 15.3 Å². The highest BCUT2D eigenvalue weighted by Crippen LogP contribution is 2.20. The van der Waals surface area contributed by atoms with Crippen LogP contribution in [0.3, 0.4) is 0 Å². The van der Waals surface area contributed by atoms with Gasteiger partial charge in [0.2, 0.25) is 0 Å². The first kappa shape index (κ1) is 17.9. The fourth-order valence-electron chi connectivity index (χ4n) is 2.93. The van der Waals surface area contributed by atoms with Crippen LogP contribution in [0.5, 0.6) is 5.75 Å². The predicted octanol–water partition coefficient (Wildman–Crippen LogP) is 2.84. The van der Waals surface area contributed by atoms with E-state index in [-0.39, 0.29) is 12.4 Å². The highest BCUT2D eigenvalue weighted by Gasteiger charge is 2.10. The maximum Gasteiger partial charge on any atom is 0.178 e. The first-order chi connectivity index (χ1) is 13.6. The number of aromatic hydroxyl groups is 1. The quantitative estimate of drug-likeness (QED) is 0.477. The second-order valence-corrected chi connectivity index (χ2v) is 6.37. The van der Waals surface area contributed by atoms with Crippen LogP contribution in [0.1, 0.15) is 17.0 Å². The number of benzene rings is 2. The van der Waals surface area contributed by atoms with Crippen LogP contribution in [-0.4, -0.2) is 36.6 Å². The van der Waals surface area contributed by atoms with Gasteiger partial charge < -0.3 is 15.5 Å². The fraction of sp³-hybridized carbons (Fsp3) is 0.150. The van der Waals surface area contributed by atoms with Crippen molar-refractivity contribution in [3.63, 3.8) is 0 Å². The lowest BCUT2D eigenvalue weighted by atomic mass is 10.1. The molecule has 2 aromatic heterocycles. The standard InChI is InChI=1S/C20H18FN5O2/c21-16-11-14(4-5-17(16)28)12-20-24-23-19-7-6-18(25-26(19)20)22-15-3-1-2-13(10-15)8-9-27/h1-7,10-11,27-28H,8-9,12H2,(H,22,25). The normalized spacial score (nSPS) is 11.1. The van der Waals surface area contributed by atoms with Crippen LogP contribution in [0, 0.1) is 5.82 Å². The molecule has 0 amide bonds. The van der Waals surface area contributed by atoms with Crippen molar-refractivity contribution in [2.75, 3.05) is 11.9 Å². The van der Waals surface area contributed by atoms with E-state index in [2.05, 4.69) is 20.6 Å². The second kappa shape index (κ2) is 7.61. The zero-order chi connectivity index (χ0) is 19.5. The van der Waals surface area contributed by atoms with E-state index in [9.17, 15) is 9.50 Å². The lowest BCUT2D eigenvalue weighted by molar-refractivity contribution is 0.299. The lowest BCUT2D eigenvalue weighted by Crippen LogP contribution is -2.04. The molecule has 8 heteroatoms. The van der Waals surface area contributed by atoms with Crippen molar-refractivity contribution < 1.29 is 14.6 Å². The third kappa shape index (κ3) is 3.77. The molecule has 0 aliphatic heterocycles. The number of nitrogens with zero attached hydrogens (tertiary/aromatic N) is 4. The number of phenols is 1. The summed E-state index contributed by atoms with van der Waals surface area (Å²) in [5.74, 6) is 0.0941. The Labute approximate surface area is 160 Å². The molecule has 4 rings (SSSR count). The van der Waals surface area contributed by atoms with Gasteiger partial charge in [-0.05, 0) is 53.9 Å². The minimum Gasteiger partial charge on any atom is -0.505 e. The molecule has 0 aliphatic carbocycles. The van der Waals surface area contributed by atoms with Gasteiger partial charge in [-0.3, -0.25) is 0 Å². The van der Waals surface area contributed by atoms with E-state index >= 15 is 0 Å². The van der Waals surface area contributed by atoms with Crippen molar-refractivity contribution in [1.29, 1.82) is 0 Å². The molecule has 142 valence electrons. The van der Waals surface area contributed by atoms with E-state index in [0.717, 1.165) is 11.3 Å². The summed E-state index contributed by atoms with van der Waals surface area (Å²) in [7, 11) is 0. The monoisotopic (exact) mass is 379 g/mol. The zero-order valence-electron chi connectivity index (χ0n) is 14.9. The van der Waals surface area contributed by atoms with E-state index in [0.29, 0.717) is 35.7 Å². The molecular formula is C20H18FN5O2. The molecule has 0 saturated carbocycles. The minimum atomic E-state index is -0.676. The highest BCUT2D eigenvalue weighted by molar-refractivity contribution is 5.58. The van der Waals surface area contributed by atoms with Gasteiger partial charge >= 0.3 is 0 Å². The van der Waals surface area contributed by atoms with Crippen LogP contribution < -0.4 is 5.32 Å². The van der Waals surface area contributed by atoms with E-state index in [1.807, 2.05) is 24.3 Å². The Hall–Kier alpha value is -3.52. The van der Waals surface area contributed by atoms with Crippen LogP contribution >= 0.6 is 0 Å². The molecule has 0 saturated heterocycles. The van der Waals surface area contributed by atoms with Crippen molar-refractivity contribution in [3.05, 3.63) is 77.4 Å². The van der Waals surface area contributed by atoms with E-state index in [1.54, 1.807) is 22.7 Å². The summed E-state index contributed by atoms with van der Waals surface area (Å²) in [5, 5.41) is 34.4. The van der Waals surface area contributed by atoms with E-state index in [1.165, 1.54) is 12.1 Å². The maximum atomic E-state index is 13.6. The number of aromatic nitrogens is 4. The van der Waals surface area contributed by atoms with Crippen LogP contribution in [0.4, 0.5) is 15.9 Å². The van der Waals surface area contributed by atoms with Crippen molar-refractivity contribution in [3.8, 4) is 5.75 Å². The number of aliphatic hydroxyl groups excluding tert-OH is 1. The molecule has 2 heterocycles. The molecule has 3 N–H and O–H groups in total. The Morgan fingerprint density at radius 3 is 2.71 bits per heavy atom. The SMILES string of the molecule is OCCc1cccc(Nc2ccc3nnc(Cc4ccc(O)c(F)c4)n3n2)c1. The largest absolute Gasteiger partial charge is 0.505 e. The second-order valence-electron chi connectivity index (χ2n) is 6.37. The summed E-state index contributed by atoms with van der Waals surface area (Å²) in [5.41, 5.74) is 3.11. The molecule has 0 unspecified atom stereocenters. The van der Waals surface area contributed by atoms with E-state index in [4.69, 9.17) is 5.11 Å². The van der Waals surface area contributed by atoms with Crippen LogP contribution in [0.15, 0.2) is 54.6 Å². The number of phenolic OH excluding ortho intramolecular Hbond substituents is 1. The number of fused-ring (bicyclic) bond motifs is 1. The molecule has 0 atom stereocenters. The summed E-state index contributed by atoms with van der Waals surface area (Å²) in [6, 6.07) is 15.5. The first-order valence-corrected chi connectivity index (χ1v) is 8.78. The number of rotatable bonds is 6. The van der Waals surface area contributed by atoms with Crippen molar-refractivity contribution in [2.45, 2.75) is 12.8 Å². The number of hydrogen-bond acceptors (Lipinski definition) is 6. The van der Waals surface area contributed by atoms with Gasteiger partial charge in [0.1, 0.15) is 0 Å². The van der Waals surface area contributed by atoms with Gasteiger partial charge in [-0.2, -0.15) is 4.52 Å². The molecule has 0 spiro atoms. The van der Waals surface area contributed by atoms with Gasteiger partial charge in [0.05, 0.1) is 0 Å². The number of nitrogens with one attached hydrogen (secondary N) is 1. The smallest absolute Gasteiger partial charge is 0.178 e. The summed E-state index contributed by atoms with van der Waals surface area (Å²) in [4.78, 5) is 0. The lowest BCUT2D eigenvalue weighted by Gasteiger charge is -2.08. The average molecular weight is 379 g/mol.